The van der Waals surface area contributed by atoms with Crippen molar-refractivity contribution in [2.24, 2.45) is 0 Å². The van der Waals surface area contributed by atoms with E-state index in [0.717, 1.165) is 5.56 Å². The van der Waals surface area contributed by atoms with Crippen LogP contribution in [-0.2, 0) is 4.79 Å². The second-order valence-electron chi connectivity index (χ2n) is 2.38. The summed E-state index contributed by atoms with van der Waals surface area (Å²) in [7, 11) is 0. The first-order valence-corrected chi connectivity index (χ1v) is 3.69. The van der Waals surface area contributed by atoms with Gasteiger partial charge < -0.3 is 5.11 Å². The van der Waals surface area contributed by atoms with E-state index in [0.29, 0.717) is 6.29 Å². The molecule has 0 saturated heterocycles. The molecule has 0 heterocycles. The molecule has 1 aromatic carbocycles. The van der Waals surface area contributed by atoms with Gasteiger partial charge in [0, 0.05) is 0 Å². The van der Waals surface area contributed by atoms with Gasteiger partial charge in [-0.3, -0.25) is 4.79 Å². The van der Waals surface area contributed by atoms with Gasteiger partial charge in [0.25, 0.3) is 0 Å². The number of aldehydes is 1. The van der Waals surface area contributed by atoms with Crippen LogP contribution in [0.2, 0.25) is 0 Å². The summed E-state index contributed by atoms with van der Waals surface area (Å²) < 4.78 is 0. The number of hydrogen-bond acceptors (Lipinski definition) is 2. The Balaban J connectivity index is 2.71. The summed E-state index contributed by atoms with van der Waals surface area (Å²) in [5.41, 5.74) is 0.788. The normalized spacial score (nSPS) is 13.1. The summed E-state index contributed by atoms with van der Waals surface area (Å²) >= 11 is 0. The number of carbonyl (C=O) groups is 1. The maximum atomic E-state index is 9.94. The van der Waals surface area contributed by atoms with Gasteiger partial charge in [-0.05, 0) is 17.7 Å². The van der Waals surface area contributed by atoms with Crippen molar-refractivity contribution in [3.63, 3.8) is 0 Å². The van der Waals surface area contributed by atoms with Crippen molar-refractivity contribution in [1.29, 1.82) is 0 Å². The van der Waals surface area contributed by atoms with E-state index in [9.17, 15) is 9.90 Å². The average Bonchev–Trinajstić information content (AvgIpc) is 2.15. The van der Waals surface area contributed by atoms with Crippen LogP contribution in [0.3, 0.4) is 0 Å². The van der Waals surface area contributed by atoms with E-state index in [1.165, 1.54) is 12.2 Å². The number of hydrogen-bond donors (Lipinski definition) is 1. The van der Waals surface area contributed by atoms with Gasteiger partial charge in [-0.25, -0.2) is 0 Å². The van der Waals surface area contributed by atoms with Crippen LogP contribution in [0.15, 0.2) is 42.5 Å². The first-order chi connectivity index (χ1) is 5.84. The van der Waals surface area contributed by atoms with Gasteiger partial charge in [-0.15, -0.1) is 0 Å². The highest BCUT2D eigenvalue weighted by Gasteiger charge is 1.99. The van der Waals surface area contributed by atoms with Crippen LogP contribution in [0.4, 0.5) is 0 Å². The molecule has 0 aliphatic rings. The Hall–Kier alpha value is -1.41. The fraction of sp³-hybridized carbons (Fsp3) is 0.100. The molecule has 1 N–H and O–H groups in total. The van der Waals surface area contributed by atoms with E-state index in [2.05, 4.69) is 0 Å². The fourth-order valence-corrected chi connectivity index (χ4v) is 0.912. The smallest absolute Gasteiger partial charge is 0.142 e. The lowest BCUT2D eigenvalue weighted by Gasteiger charge is -2.03. The minimum atomic E-state index is -0.684. The Bertz CT molecular complexity index is 264. The van der Waals surface area contributed by atoms with Crippen LogP contribution in [0.1, 0.15) is 11.7 Å². The van der Waals surface area contributed by atoms with Crippen LogP contribution in [-0.4, -0.2) is 11.4 Å². The van der Waals surface area contributed by atoms with Crippen LogP contribution >= 0.6 is 0 Å². The quantitative estimate of drug-likeness (QED) is 0.540. The second kappa shape index (κ2) is 4.46. The van der Waals surface area contributed by atoms with E-state index in [1.54, 1.807) is 12.1 Å². The molecule has 0 aliphatic carbocycles. The third kappa shape index (κ3) is 2.32. The zero-order valence-electron chi connectivity index (χ0n) is 6.55. The third-order valence-electron chi connectivity index (χ3n) is 1.51. The van der Waals surface area contributed by atoms with E-state index in [1.807, 2.05) is 18.2 Å². The Morgan fingerprint density at radius 3 is 2.50 bits per heavy atom. The molecule has 1 aromatic rings. The Kier molecular flexibility index (Phi) is 3.23. The SMILES string of the molecule is O=CC=CC(O)c1ccccc1. The van der Waals surface area contributed by atoms with Gasteiger partial charge >= 0.3 is 0 Å². The lowest BCUT2D eigenvalue weighted by Crippen LogP contribution is -1.91. The zero-order valence-corrected chi connectivity index (χ0v) is 6.55. The highest BCUT2D eigenvalue weighted by atomic mass is 16.3. The van der Waals surface area contributed by atoms with Crippen molar-refractivity contribution < 1.29 is 9.90 Å². The predicted octanol–water partition coefficient (Wildman–Crippen LogP) is 1.48. The van der Waals surface area contributed by atoms with Crippen molar-refractivity contribution in [3.05, 3.63) is 48.0 Å². The molecule has 0 bridgehead atoms. The molecule has 0 aromatic heterocycles. The minimum absolute atomic E-state index is 0.645. The van der Waals surface area contributed by atoms with Crippen molar-refractivity contribution in [2.75, 3.05) is 0 Å². The number of aliphatic hydroxyl groups is 1. The van der Waals surface area contributed by atoms with Crippen LogP contribution in [0.5, 0.6) is 0 Å². The van der Waals surface area contributed by atoms with Gasteiger partial charge in [0.2, 0.25) is 0 Å². The molecule has 0 radical (unpaired) electrons. The van der Waals surface area contributed by atoms with Gasteiger partial charge in [-0.2, -0.15) is 0 Å². The molecule has 0 fully saturated rings. The summed E-state index contributed by atoms with van der Waals surface area (Å²) in [6, 6.07) is 9.17. The molecule has 2 heteroatoms. The van der Waals surface area contributed by atoms with Crippen molar-refractivity contribution in [3.8, 4) is 0 Å². The average molecular weight is 162 g/mol. The van der Waals surface area contributed by atoms with Gasteiger partial charge in [0.1, 0.15) is 6.29 Å². The Labute approximate surface area is 71.2 Å². The summed E-state index contributed by atoms with van der Waals surface area (Å²) in [5, 5.41) is 9.41. The van der Waals surface area contributed by atoms with Crippen molar-refractivity contribution >= 4 is 6.29 Å². The van der Waals surface area contributed by atoms with Gasteiger partial charge in [0.15, 0.2) is 0 Å². The van der Waals surface area contributed by atoms with E-state index in [-0.39, 0.29) is 0 Å². The number of carbonyl (C=O) groups excluding carboxylic acids is 1. The van der Waals surface area contributed by atoms with Crippen LogP contribution in [0.25, 0.3) is 0 Å². The molecular formula is C10H10O2. The molecule has 12 heavy (non-hydrogen) atoms. The number of aliphatic hydroxyl groups excluding tert-OH is 1. The highest BCUT2D eigenvalue weighted by Crippen LogP contribution is 2.12. The standard InChI is InChI=1S/C10H10O2/c11-8-4-7-10(12)9-5-2-1-3-6-9/h1-8,10,12H. The van der Waals surface area contributed by atoms with E-state index < -0.39 is 6.10 Å². The molecule has 1 unspecified atom stereocenters. The third-order valence-corrected chi connectivity index (χ3v) is 1.51. The first kappa shape index (κ1) is 8.68. The topological polar surface area (TPSA) is 37.3 Å². The van der Waals surface area contributed by atoms with E-state index >= 15 is 0 Å². The van der Waals surface area contributed by atoms with E-state index in [4.69, 9.17) is 0 Å². The predicted molar refractivity (Wildman–Crippen MR) is 46.6 cm³/mol. The molecule has 0 amide bonds. The van der Waals surface area contributed by atoms with Crippen molar-refractivity contribution in [1.82, 2.24) is 0 Å². The molecule has 1 rings (SSSR count). The van der Waals surface area contributed by atoms with Crippen molar-refractivity contribution in [2.45, 2.75) is 6.10 Å². The Morgan fingerprint density at radius 2 is 1.92 bits per heavy atom. The maximum absolute atomic E-state index is 9.94. The number of benzene rings is 1. The molecule has 2 nitrogen and oxygen atoms in total. The lowest BCUT2D eigenvalue weighted by molar-refractivity contribution is -0.104. The molecule has 0 aliphatic heterocycles. The zero-order chi connectivity index (χ0) is 8.81. The summed E-state index contributed by atoms with van der Waals surface area (Å²) in [6.45, 7) is 0. The summed E-state index contributed by atoms with van der Waals surface area (Å²) in [5.74, 6) is 0. The largest absolute Gasteiger partial charge is 0.384 e. The van der Waals surface area contributed by atoms with Crippen LogP contribution < -0.4 is 0 Å². The maximum Gasteiger partial charge on any atom is 0.142 e. The summed E-state index contributed by atoms with van der Waals surface area (Å²) in [6.07, 6.45) is 2.70. The monoisotopic (exact) mass is 162 g/mol. The molecule has 62 valence electrons. The summed E-state index contributed by atoms with van der Waals surface area (Å²) in [4.78, 5) is 9.94. The lowest BCUT2D eigenvalue weighted by atomic mass is 10.1. The second-order valence-corrected chi connectivity index (χ2v) is 2.38. The molecule has 0 spiro atoms. The van der Waals surface area contributed by atoms with Gasteiger partial charge in [-0.1, -0.05) is 30.3 Å². The first-order valence-electron chi connectivity index (χ1n) is 3.69. The molecule has 0 saturated carbocycles. The molecule has 1 atom stereocenters. The highest BCUT2D eigenvalue weighted by molar-refractivity contribution is 5.64. The Morgan fingerprint density at radius 1 is 1.25 bits per heavy atom. The number of rotatable bonds is 3. The minimum Gasteiger partial charge on any atom is -0.384 e. The fourth-order valence-electron chi connectivity index (χ4n) is 0.912. The van der Waals surface area contributed by atoms with Crippen LogP contribution in [0, 0.1) is 0 Å². The number of allylic oxidation sites excluding steroid dienone is 1. The molecular weight excluding hydrogens is 152 g/mol. The van der Waals surface area contributed by atoms with Gasteiger partial charge in [0.05, 0.1) is 6.10 Å².